The lowest BCUT2D eigenvalue weighted by Crippen LogP contribution is -2.49. The molecule has 1 atom stereocenters. The van der Waals surface area contributed by atoms with E-state index in [-0.39, 0.29) is 48.1 Å². The number of carbonyl (C=O) groups excluding carboxylic acids is 2. The van der Waals surface area contributed by atoms with Crippen molar-refractivity contribution in [3.8, 4) is 5.75 Å². The van der Waals surface area contributed by atoms with E-state index in [4.69, 9.17) is 0 Å². The molecular weight excluding hydrogens is 443 g/mol. The Morgan fingerprint density at radius 2 is 1.91 bits per heavy atom. The molecule has 2 aliphatic heterocycles. The first-order chi connectivity index (χ1) is 15.4. The standard InChI is InChI=1S/C22H22F3N3O5/c1-22(2,33)9-27-8-11-4-6-13-14(18(29)19(30)17(21(27)32)28(11)13)20(31)26-7-10-3-5-12(23)16(25)15(10)24/h3,5,11,30,33H,4,6-9H2,1-2H3,(H,26,31)/t11-/m0/s1. The van der Waals surface area contributed by atoms with Crippen molar-refractivity contribution in [2.75, 3.05) is 13.1 Å². The van der Waals surface area contributed by atoms with Gasteiger partial charge in [0.25, 0.3) is 11.8 Å². The highest BCUT2D eigenvalue weighted by atomic mass is 19.2. The van der Waals surface area contributed by atoms with Gasteiger partial charge < -0.3 is 25.0 Å². The molecule has 33 heavy (non-hydrogen) atoms. The van der Waals surface area contributed by atoms with Crippen LogP contribution in [0.2, 0.25) is 0 Å². The first kappa shape index (κ1) is 22.8. The van der Waals surface area contributed by atoms with Crippen molar-refractivity contribution in [2.45, 2.75) is 44.9 Å². The SMILES string of the molecule is CC(C)(O)CN1C[C@@H]2CCc3c(C(=O)NCc4ccc(F)c(F)c4F)c(=O)c(O)c(n32)C1=O. The van der Waals surface area contributed by atoms with Crippen LogP contribution in [0.15, 0.2) is 16.9 Å². The van der Waals surface area contributed by atoms with Crippen molar-refractivity contribution in [1.82, 2.24) is 14.8 Å². The molecule has 2 amide bonds. The molecule has 0 radical (unpaired) electrons. The molecule has 8 nitrogen and oxygen atoms in total. The molecule has 11 heteroatoms. The van der Waals surface area contributed by atoms with Crippen LogP contribution >= 0.6 is 0 Å². The number of carbonyl (C=O) groups is 2. The fraction of sp³-hybridized carbons (Fsp3) is 0.409. The van der Waals surface area contributed by atoms with E-state index in [0.29, 0.717) is 12.5 Å². The Balaban J connectivity index is 1.68. The lowest BCUT2D eigenvalue weighted by atomic mass is 10.0. The summed E-state index contributed by atoms with van der Waals surface area (Å²) < 4.78 is 41.9. The number of aliphatic hydroxyl groups is 1. The van der Waals surface area contributed by atoms with Gasteiger partial charge >= 0.3 is 0 Å². The highest BCUT2D eigenvalue weighted by molar-refractivity contribution is 6.00. The smallest absolute Gasteiger partial charge is 0.274 e. The Kier molecular flexibility index (Phi) is 5.47. The maximum atomic E-state index is 13.9. The average molecular weight is 465 g/mol. The Morgan fingerprint density at radius 1 is 1.21 bits per heavy atom. The van der Waals surface area contributed by atoms with Gasteiger partial charge in [0, 0.05) is 30.9 Å². The molecule has 0 saturated heterocycles. The van der Waals surface area contributed by atoms with Gasteiger partial charge in [0.1, 0.15) is 5.56 Å². The lowest BCUT2D eigenvalue weighted by molar-refractivity contribution is 0.0218. The maximum Gasteiger partial charge on any atom is 0.274 e. The zero-order valence-corrected chi connectivity index (χ0v) is 17.9. The fourth-order valence-corrected chi connectivity index (χ4v) is 4.48. The van der Waals surface area contributed by atoms with Crippen LogP contribution in [0.1, 0.15) is 58.4 Å². The number of pyridine rings is 1. The van der Waals surface area contributed by atoms with E-state index in [0.717, 1.165) is 6.07 Å². The second-order valence-corrected chi connectivity index (χ2v) is 8.93. The number of nitrogens with one attached hydrogen (secondary N) is 1. The number of aromatic hydroxyl groups is 1. The minimum atomic E-state index is -1.68. The molecule has 3 heterocycles. The summed E-state index contributed by atoms with van der Waals surface area (Å²) in [5.41, 5.74) is -2.93. The normalized spacial score (nSPS) is 17.3. The van der Waals surface area contributed by atoms with E-state index in [1.165, 1.54) is 23.3 Å². The molecule has 0 bridgehead atoms. The average Bonchev–Trinajstić information content (AvgIpc) is 3.13. The number of hydrogen-bond acceptors (Lipinski definition) is 5. The summed E-state index contributed by atoms with van der Waals surface area (Å²) in [5, 5.41) is 23.0. The summed E-state index contributed by atoms with van der Waals surface area (Å²) in [4.78, 5) is 40.0. The van der Waals surface area contributed by atoms with Gasteiger partial charge in [-0.2, -0.15) is 0 Å². The number of amides is 2. The molecule has 0 fully saturated rings. The lowest BCUT2D eigenvalue weighted by Gasteiger charge is -2.37. The molecule has 4 rings (SSSR count). The van der Waals surface area contributed by atoms with E-state index >= 15 is 0 Å². The van der Waals surface area contributed by atoms with Gasteiger partial charge in [-0.05, 0) is 32.8 Å². The van der Waals surface area contributed by atoms with Gasteiger partial charge in [-0.3, -0.25) is 14.4 Å². The van der Waals surface area contributed by atoms with Crippen LogP contribution < -0.4 is 10.7 Å². The van der Waals surface area contributed by atoms with Crippen molar-refractivity contribution < 1.29 is 33.0 Å². The summed E-state index contributed by atoms with van der Waals surface area (Å²) in [6.07, 6.45) is 0.767. The number of nitrogens with zero attached hydrogens (tertiary/aromatic N) is 2. The zero-order valence-electron chi connectivity index (χ0n) is 17.9. The van der Waals surface area contributed by atoms with Crippen molar-refractivity contribution in [3.63, 3.8) is 0 Å². The van der Waals surface area contributed by atoms with Crippen LogP contribution in [-0.4, -0.2) is 50.2 Å². The van der Waals surface area contributed by atoms with E-state index in [1.807, 2.05) is 0 Å². The topological polar surface area (TPSA) is 112 Å². The molecular formula is C22H22F3N3O5. The number of hydrogen-bond donors (Lipinski definition) is 3. The Hall–Kier alpha value is -3.34. The van der Waals surface area contributed by atoms with E-state index in [9.17, 15) is 37.8 Å². The fourth-order valence-electron chi connectivity index (χ4n) is 4.48. The van der Waals surface area contributed by atoms with Gasteiger partial charge in [-0.15, -0.1) is 0 Å². The van der Waals surface area contributed by atoms with Crippen molar-refractivity contribution >= 4 is 11.8 Å². The molecule has 2 aliphatic rings. The van der Waals surface area contributed by atoms with Crippen LogP contribution in [0.3, 0.4) is 0 Å². The van der Waals surface area contributed by atoms with Crippen molar-refractivity contribution in [3.05, 3.63) is 62.3 Å². The van der Waals surface area contributed by atoms with E-state index in [2.05, 4.69) is 5.32 Å². The minimum absolute atomic E-state index is 0.00662. The largest absolute Gasteiger partial charge is 0.503 e. The first-order valence-electron chi connectivity index (χ1n) is 10.3. The Labute approximate surface area is 186 Å². The second-order valence-electron chi connectivity index (χ2n) is 8.93. The van der Waals surface area contributed by atoms with Crippen LogP contribution in [0.25, 0.3) is 0 Å². The van der Waals surface area contributed by atoms with Crippen LogP contribution in [0.4, 0.5) is 13.2 Å². The number of benzene rings is 1. The molecule has 0 unspecified atom stereocenters. The summed E-state index contributed by atoms with van der Waals surface area (Å²) in [7, 11) is 0. The van der Waals surface area contributed by atoms with Crippen molar-refractivity contribution in [1.29, 1.82) is 0 Å². The van der Waals surface area contributed by atoms with Crippen LogP contribution in [0.5, 0.6) is 5.75 Å². The van der Waals surface area contributed by atoms with E-state index in [1.54, 1.807) is 0 Å². The maximum absolute atomic E-state index is 13.9. The summed E-state index contributed by atoms with van der Waals surface area (Å²) in [6, 6.07) is 1.38. The molecule has 0 spiro atoms. The third-order valence-electron chi connectivity index (χ3n) is 5.85. The molecule has 3 N–H and O–H groups in total. The minimum Gasteiger partial charge on any atom is -0.503 e. The number of halogens is 3. The quantitative estimate of drug-likeness (QED) is 0.581. The molecule has 1 aromatic heterocycles. The predicted octanol–water partition coefficient (Wildman–Crippen LogP) is 1.62. The third kappa shape index (κ3) is 3.86. The van der Waals surface area contributed by atoms with Gasteiger partial charge in [0.2, 0.25) is 5.43 Å². The van der Waals surface area contributed by atoms with Gasteiger partial charge in [0.05, 0.1) is 11.6 Å². The van der Waals surface area contributed by atoms with Gasteiger partial charge in [-0.25, -0.2) is 13.2 Å². The monoisotopic (exact) mass is 465 g/mol. The van der Waals surface area contributed by atoms with Crippen molar-refractivity contribution in [2.24, 2.45) is 0 Å². The number of aromatic nitrogens is 1. The highest BCUT2D eigenvalue weighted by Crippen LogP contribution is 2.37. The number of rotatable bonds is 5. The second kappa shape index (κ2) is 7.91. The summed E-state index contributed by atoms with van der Waals surface area (Å²) in [6.45, 7) is 2.76. The molecule has 0 aliphatic carbocycles. The predicted molar refractivity (Wildman–Crippen MR) is 109 cm³/mol. The third-order valence-corrected chi connectivity index (χ3v) is 5.85. The zero-order chi connectivity index (χ0) is 24.2. The first-order valence-corrected chi connectivity index (χ1v) is 10.3. The summed E-state index contributed by atoms with van der Waals surface area (Å²) >= 11 is 0. The van der Waals surface area contributed by atoms with E-state index < -0.39 is 52.6 Å². The highest BCUT2D eigenvalue weighted by Gasteiger charge is 2.42. The van der Waals surface area contributed by atoms with Gasteiger partial charge in [0.15, 0.2) is 28.9 Å². The number of β-amino-alcohol motifs (C(OH)–C–C–N with tert-alkyl or cyclic N) is 1. The Bertz CT molecular complexity index is 1240. The summed E-state index contributed by atoms with van der Waals surface area (Å²) in [5.74, 6) is -6.96. The van der Waals surface area contributed by atoms with Crippen LogP contribution in [-0.2, 0) is 13.0 Å². The molecule has 2 aromatic rings. The Morgan fingerprint density at radius 3 is 2.58 bits per heavy atom. The molecule has 1 aromatic carbocycles. The molecule has 0 saturated carbocycles. The molecule has 176 valence electrons. The van der Waals surface area contributed by atoms with Crippen LogP contribution in [0, 0.1) is 17.5 Å². The van der Waals surface area contributed by atoms with Gasteiger partial charge in [-0.1, -0.05) is 6.07 Å².